The first-order valence-corrected chi connectivity index (χ1v) is 3.57. The zero-order valence-electron chi connectivity index (χ0n) is 2.97. The van der Waals surface area contributed by atoms with E-state index in [1.165, 1.54) is 4.62 Å². The Hall–Kier alpha value is -0.201. The molecule has 0 aliphatic carbocycles. The molecule has 0 atom stereocenters. The summed E-state index contributed by atoms with van der Waals surface area (Å²) in [4.78, 5) is 2.17. The molecule has 30 valence electrons. The number of hydrogen-bond donors (Lipinski definition) is 0. The predicted molar refractivity (Wildman–Crippen MR) is 23.5 cm³/mol. The summed E-state index contributed by atoms with van der Waals surface area (Å²) in [6.07, 6.45) is 0. The molecule has 2 heterocycles. The first-order chi connectivity index (χ1) is 2.97. The Bertz CT molecular complexity index is 151. The predicted octanol–water partition coefficient (Wildman–Crippen LogP) is 0.849. The molecular weight excluding hydrogens is 143 g/mol. The topological polar surface area (TPSA) is 12.5 Å². The molecular formula is C4H2OSe. The minimum absolute atomic E-state index is 0.579. The van der Waals surface area contributed by atoms with Crippen molar-refractivity contribution in [3.8, 4) is 10.4 Å². The van der Waals surface area contributed by atoms with Gasteiger partial charge in [-0.15, -0.1) is 0 Å². The van der Waals surface area contributed by atoms with Gasteiger partial charge in [0.25, 0.3) is 0 Å². The van der Waals surface area contributed by atoms with Crippen LogP contribution in [0.4, 0.5) is 0 Å². The summed E-state index contributed by atoms with van der Waals surface area (Å²) >= 11 is 0.579. The molecule has 2 rings (SSSR count). The monoisotopic (exact) mass is 146 g/mol. The average molecular weight is 145 g/mol. The molecule has 1 aliphatic heterocycles. The van der Waals surface area contributed by atoms with Crippen LogP contribution in [0, 0.1) is 0 Å². The van der Waals surface area contributed by atoms with E-state index < -0.39 is 0 Å². The Labute approximate surface area is 41.3 Å². The van der Waals surface area contributed by atoms with Crippen molar-refractivity contribution in [2.75, 3.05) is 0 Å². The van der Waals surface area contributed by atoms with Crippen molar-refractivity contribution >= 4 is 14.5 Å². The van der Waals surface area contributed by atoms with E-state index in [1.807, 2.05) is 6.07 Å². The van der Waals surface area contributed by atoms with Gasteiger partial charge in [-0.3, -0.25) is 0 Å². The number of ether oxygens (including phenoxy) is 1. The molecule has 0 spiro atoms. The van der Waals surface area contributed by atoms with Gasteiger partial charge in [-0.1, -0.05) is 0 Å². The molecule has 0 radical (unpaired) electrons. The standard InChI is InChI=1S/C4H2OSe/c1-2-6-4-3(1)5-4/h1-2H. The number of fused-ring (bicyclic) bond motifs is 1. The molecule has 0 saturated heterocycles. The Morgan fingerprint density at radius 1 is 1.67 bits per heavy atom. The van der Waals surface area contributed by atoms with Crippen LogP contribution in [0.5, 0.6) is 10.4 Å². The van der Waals surface area contributed by atoms with Crippen LogP contribution in [-0.2, 0) is 0 Å². The fraction of sp³-hybridized carbons (Fsp3) is 0. The summed E-state index contributed by atoms with van der Waals surface area (Å²) in [6.45, 7) is 0. The molecule has 1 aromatic rings. The average Bonchev–Trinajstić information content (AvgIpc) is 2.17. The van der Waals surface area contributed by atoms with E-state index in [0.29, 0.717) is 14.5 Å². The van der Waals surface area contributed by atoms with Crippen molar-refractivity contribution in [3.63, 3.8) is 0 Å². The van der Waals surface area contributed by atoms with E-state index in [1.54, 1.807) is 0 Å². The first-order valence-electron chi connectivity index (χ1n) is 1.72. The minimum atomic E-state index is 0.579. The fourth-order valence-corrected chi connectivity index (χ4v) is 1.75. The van der Waals surface area contributed by atoms with Crippen LogP contribution in [0.25, 0.3) is 0 Å². The zero-order valence-corrected chi connectivity index (χ0v) is 4.68. The van der Waals surface area contributed by atoms with Gasteiger partial charge in [0.15, 0.2) is 0 Å². The van der Waals surface area contributed by atoms with Crippen LogP contribution in [0.15, 0.2) is 11.0 Å². The van der Waals surface area contributed by atoms with Gasteiger partial charge < -0.3 is 0 Å². The van der Waals surface area contributed by atoms with E-state index >= 15 is 0 Å². The molecule has 0 aromatic carbocycles. The summed E-state index contributed by atoms with van der Waals surface area (Å²) in [5.74, 6) is 1.13. The van der Waals surface area contributed by atoms with Crippen molar-refractivity contribution in [2.45, 2.75) is 0 Å². The van der Waals surface area contributed by atoms with Crippen LogP contribution in [-0.4, -0.2) is 14.5 Å². The molecule has 1 nitrogen and oxygen atoms in total. The SMILES string of the molecule is c1cc2c([se]1)O2. The normalized spacial score (nSPS) is 12.7. The van der Waals surface area contributed by atoms with Crippen molar-refractivity contribution in [1.82, 2.24) is 0 Å². The van der Waals surface area contributed by atoms with Gasteiger partial charge in [0.1, 0.15) is 0 Å². The third-order valence-corrected chi connectivity index (χ3v) is 2.37. The van der Waals surface area contributed by atoms with Crippen molar-refractivity contribution in [1.29, 1.82) is 0 Å². The van der Waals surface area contributed by atoms with E-state index in [4.69, 9.17) is 4.74 Å². The molecule has 0 N–H and O–H groups in total. The Morgan fingerprint density at radius 2 is 2.67 bits per heavy atom. The zero-order chi connectivity index (χ0) is 3.98. The van der Waals surface area contributed by atoms with Crippen LogP contribution in [0.2, 0.25) is 0 Å². The maximum absolute atomic E-state index is 4.93. The molecule has 1 aromatic heterocycles. The van der Waals surface area contributed by atoms with Gasteiger partial charge in [0, 0.05) is 0 Å². The van der Waals surface area contributed by atoms with E-state index in [9.17, 15) is 0 Å². The maximum atomic E-state index is 4.93. The molecule has 0 fully saturated rings. The second-order valence-corrected chi connectivity index (χ2v) is 3.02. The molecule has 0 saturated carbocycles. The van der Waals surface area contributed by atoms with Gasteiger partial charge in [-0.05, 0) is 0 Å². The third-order valence-electron chi connectivity index (χ3n) is 0.757. The molecule has 2 heteroatoms. The quantitative estimate of drug-likeness (QED) is 0.395. The second kappa shape index (κ2) is 0.722. The van der Waals surface area contributed by atoms with Gasteiger partial charge >= 0.3 is 40.6 Å². The van der Waals surface area contributed by atoms with Crippen LogP contribution < -0.4 is 4.74 Å². The molecule has 0 amide bonds. The fourth-order valence-electron chi connectivity index (χ4n) is 0.416. The van der Waals surface area contributed by atoms with Gasteiger partial charge in [-0.2, -0.15) is 0 Å². The van der Waals surface area contributed by atoms with E-state index in [0.717, 1.165) is 5.75 Å². The number of rotatable bonds is 0. The third kappa shape index (κ3) is 0.214. The second-order valence-electron chi connectivity index (χ2n) is 1.17. The molecule has 1 aliphatic rings. The summed E-state index contributed by atoms with van der Waals surface area (Å²) in [6, 6.07) is 2.04. The van der Waals surface area contributed by atoms with Crippen LogP contribution >= 0.6 is 0 Å². The molecule has 0 unspecified atom stereocenters. The van der Waals surface area contributed by atoms with Gasteiger partial charge in [-0.25, -0.2) is 0 Å². The van der Waals surface area contributed by atoms with Crippen LogP contribution in [0.3, 0.4) is 0 Å². The Balaban J connectivity index is 2.88. The summed E-state index contributed by atoms with van der Waals surface area (Å²) in [5.41, 5.74) is 0. The van der Waals surface area contributed by atoms with Crippen LogP contribution in [0.1, 0.15) is 0 Å². The summed E-state index contributed by atoms with van der Waals surface area (Å²) in [5, 5.41) is 0. The van der Waals surface area contributed by atoms with Gasteiger partial charge in [0.2, 0.25) is 0 Å². The van der Waals surface area contributed by atoms with Gasteiger partial charge in [0.05, 0.1) is 0 Å². The van der Waals surface area contributed by atoms with Crippen molar-refractivity contribution in [3.05, 3.63) is 11.0 Å². The Morgan fingerprint density at radius 3 is 2.83 bits per heavy atom. The summed E-state index contributed by atoms with van der Waals surface area (Å²) in [7, 11) is 0. The van der Waals surface area contributed by atoms with E-state index in [2.05, 4.69) is 4.94 Å². The Kier molecular flexibility index (Phi) is 0.347. The molecule has 0 bridgehead atoms. The number of hydrogen-bond acceptors (Lipinski definition) is 1. The van der Waals surface area contributed by atoms with Crippen molar-refractivity contribution in [2.24, 2.45) is 0 Å². The molecule has 6 heavy (non-hydrogen) atoms. The van der Waals surface area contributed by atoms with Crippen molar-refractivity contribution < 1.29 is 4.74 Å². The summed E-state index contributed by atoms with van der Waals surface area (Å²) < 4.78 is 6.17. The van der Waals surface area contributed by atoms with E-state index in [-0.39, 0.29) is 0 Å². The first kappa shape index (κ1) is 2.89.